The van der Waals surface area contributed by atoms with E-state index in [9.17, 15) is 0 Å². The number of aromatic nitrogens is 1. The molecule has 1 aromatic heterocycles. The van der Waals surface area contributed by atoms with Crippen LogP contribution in [0.15, 0.2) is 24.5 Å². The molecule has 2 heterocycles. The van der Waals surface area contributed by atoms with Crippen molar-refractivity contribution >= 4 is 0 Å². The lowest BCUT2D eigenvalue weighted by atomic mass is 9.92. The number of hydrazine groups is 1. The van der Waals surface area contributed by atoms with Crippen LogP contribution in [0, 0.1) is 0 Å². The highest BCUT2D eigenvalue weighted by Crippen LogP contribution is 2.24. The number of hydrogen-bond donors (Lipinski definition) is 1. The first kappa shape index (κ1) is 9.62. The van der Waals surface area contributed by atoms with E-state index in [1.807, 2.05) is 25.5 Å². The zero-order chi connectivity index (χ0) is 9.80. The van der Waals surface area contributed by atoms with Gasteiger partial charge in [0.15, 0.2) is 0 Å². The van der Waals surface area contributed by atoms with Gasteiger partial charge in [-0.1, -0.05) is 6.07 Å². The first-order chi connectivity index (χ1) is 6.90. The Hall–Kier alpha value is -0.930. The fourth-order valence-corrected chi connectivity index (χ4v) is 2.07. The lowest BCUT2D eigenvalue weighted by Crippen LogP contribution is -2.42. The number of hydrogen-bond acceptors (Lipinski definition) is 3. The van der Waals surface area contributed by atoms with Gasteiger partial charge in [0.05, 0.1) is 0 Å². The van der Waals surface area contributed by atoms with E-state index in [2.05, 4.69) is 21.5 Å². The molecule has 1 aliphatic heterocycles. The molecule has 3 nitrogen and oxygen atoms in total. The normalized spacial score (nSPS) is 23.6. The van der Waals surface area contributed by atoms with E-state index in [4.69, 9.17) is 0 Å². The van der Waals surface area contributed by atoms with E-state index in [-0.39, 0.29) is 0 Å². The molecule has 0 bridgehead atoms. The van der Waals surface area contributed by atoms with Crippen molar-refractivity contribution in [1.82, 2.24) is 15.4 Å². The van der Waals surface area contributed by atoms with Crippen LogP contribution in [0.2, 0.25) is 0 Å². The summed E-state index contributed by atoms with van der Waals surface area (Å²) >= 11 is 0. The van der Waals surface area contributed by atoms with Crippen molar-refractivity contribution in [1.29, 1.82) is 0 Å². The molecular formula is C11H17N3. The standard InChI is InChI=1S/C11H17N3/c1-12-14-7-3-5-11(9-14)10-4-2-6-13-8-10/h2,4,6,8,11-12H,3,5,7,9H2,1H3/t11-/m0/s1. The van der Waals surface area contributed by atoms with Gasteiger partial charge in [0.25, 0.3) is 0 Å². The number of pyridine rings is 1. The maximum atomic E-state index is 4.17. The maximum Gasteiger partial charge on any atom is 0.0303 e. The second-order valence-electron chi connectivity index (χ2n) is 3.80. The van der Waals surface area contributed by atoms with Crippen LogP contribution in [0.4, 0.5) is 0 Å². The molecule has 0 radical (unpaired) electrons. The Labute approximate surface area is 85.1 Å². The van der Waals surface area contributed by atoms with Crippen molar-refractivity contribution in [2.75, 3.05) is 20.1 Å². The molecule has 3 heteroatoms. The van der Waals surface area contributed by atoms with Crippen LogP contribution in [-0.4, -0.2) is 30.1 Å². The molecule has 0 aliphatic carbocycles. The topological polar surface area (TPSA) is 28.2 Å². The summed E-state index contributed by atoms with van der Waals surface area (Å²) in [6.07, 6.45) is 6.37. The van der Waals surface area contributed by atoms with E-state index in [1.165, 1.54) is 18.4 Å². The van der Waals surface area contributed by atoms with Crippen molar-refractivity contribution in [3.8, 4) is 0 Å². The summed E-state index contributed by atoms with van der Waals surface area (Å²) in [6.45, 7) is 2.26. The molecule has 2 rings (SSSR count). The molecule has 0 unspecified atom stereocenters. The second-order valence-corrected chi connectivity index (χ2v) is 3.80. The van der Waals surface area contributed by atoms with E-state index >= 15 is 0 Å². The number of piperidine rings is 1. The predicted octanol–water partition coefficient (Wildman–Crippen LogP) is 1.40. The average molecular weight is 191 g/mol. The van der Waals surface area contributed by atoms with E-state index < -0.39 is 0 Å². The summed E-state index contributed by atoms with van der Waals surface area (Å²) in [5.74, 6) is 0.643. The van der Waals surface area contributed by atoms with Crippen molar-refractivity contribution < 1.29 is 0 Å². The first-order valence-electron chi connectivity index (χ1n) is 5.22. The summed E-state index contributed by atoms with van der Waals surface area (Å²) in [5.41, 5.74) is 4.58. The van der Waals surface area contributed by atoms with Crippen LogP contribution < -0.4 is 5.43 Å². The van der Waals surface area contributed by atoms with E-state index in [0.29, 0.717) is 5.92 Å². The minimum absolute atomic E-state index is 0.643. The average Bonchev–Trinajstić information content (AvgIpc) is 2.30. The Kier molecular flexibility index (Phi) is 3.11. The van der Waals surface area contributed by atoms with E-state index in [0.717, 1.165) is 13.1 Å². The summed E-state index contributed by atoms with van der Waals surface area (Å²) in [6, 6.07) is 4.20. The largest absolute Gasteiger partial charge is 0.264 e. The Morgan fingerprint density at radius 3 is 3.21 bits per heavy atom. The van der Waals surface area contributed by atoms with Crippen molar-refractivity contribution in [3.63, 3.8) is 0 Å². The number of nitrogens with one attached hydrogen (secondary N) is 1. The fourth-order valence-electron chi connectivity index (χ4n) is 2.07. The van der Waals surface area contributed by atoms with E-state index in [1.54, 1.807) is 0 Å². The molecule has 0 saturated carbocycles. The minimum Gasteiger partial charge on any atom is -0.264 e. The van der Waals surface area contributed by atoms with Gasteiger partial charge in [-0.15, -0.1) is 0 Å². The molecule has 0 aromatic carbocycles. The van der Waals surface area contributed by atoms with Crippen molar-refractivity contribution in [2.45, 2.75) is 18.8 Å². The molecule has 1 saturated heterocycles. The zero-order valence-corrected chi connectivity index (χ0v) is 8.61. The highest BCUT2D eigenvalue weighted by Gasteiger charge is 2.20. The zero-order valence-electron chi connectivity index (χ0n) is 8.61. The highest BCUT2D eigenvalue weighted by atomic mass is 15.5. The molecule has 76 valence electrons. The van der Waals surface area contributed by atoms with Gasteiger partial charge in [0.2, 0.25) is 0 Å². The molecule has 1 aromatic rings. The summed E-state index contributed by atoms with van der Waals surface area (Å²) in [7, 11) is 1.99. The molecule has 1 aliphatic rings. The van der Waals surface area contributed by atoms with Gasteiger partial charge >= 0.3 is 0 Å². The molecule has 0 amide bonds. The van der Waals surface area contributed by atoms with Crippen molar-refractivity contribution in [3.05, 3.63) is 30.1 Å². The monoisotopic (exact) mass is 191 g/mol. The Morgan fingerprint density at radius 1 is 1.57 bits per heavy atom. The minimum atomic E-state index is 0.643. The fraction of sp³-hybridized carbons (Fsp3) is 0.545. The summed E-state index contributed by atoms with van der Waals surface area (Å²) in [5, 5.41) is 2.28. The van der Waals surface area contributed by atoms with Gasteiger partial charge in [0.1, 0.15) is 0 Å². The highest BCUT2D eigenvalue weighted by molar-refractivity contribution is 5.15. The molecule has 14 heavy (non-hydrogen) atoms. The second kappa shape index (κ2) is 4.53. The predicted molar refractivity (Wildman–Crippen MR) is 56.8 cm³/mol. The molecule has 0 spiro atoms. The van der Waals surface area contributed by atoms with Crippen molar-refractivity contribution in [2.24, 2.45) is 0 Å². The van der Waals surface area contributed by atoms with Gasteiger partial charge < -0.3 is 0 Å². The Bertz CT molecular complexity index is 273. The van der Waals surface area contributed by atoms with Gasteiger partial charge in [-0.05, 0) is 37.4 Å². The third-order valence-electron chi connectivity index (χ3n) is 2.89. The van der Waals surface area contributed by atoms with Gasteiger partial charge in [-0.3, -0.25) is 10.4 Å². The molecular weight excluding hydrogens is 174 g/mol. The molecule has 1 atom stereocenters. The maximum absolute atomic E-state index is 4.17. The van der Waals surface area contributed by atoms with Gasteiger partial charge in [-0.25, -0.2) is 5.01 Å². The summed E-state index contributed by atoms with van der Waals surface area (Å²) in [4.78, 5) is 4.17. The lowest BCUT2D eigenvalue weighted by Gasteiger charge is -2.31. The van der Waals surface area contributed by atoms with Crippen LogP contribution in [0.5, 0.6) is 0 Å². The van der Waals surface area contributed by atoms with Gasteiger partial charge in [0, 0.05) is 25.5 Å². The van der Waals surface area contributed by atoms with Gasteiger partial charge in [-0.2, -0.15) is 0 Å². The Morgan fingerprint density at radius 2 is 2.50 bits per heavy atom. The van der Waals surface area contributed by atoms with Crippen LogP contribution in [-0.2, 0) is 0 Å². The lowest BCUT2D eigenvalue weighted by molar-refractivity contribution is 0.154. The third-order valence-corrected chi connectivity index (χ3v) is 2.89. The number of rotatable bonds is 2. The quantitative estimate of drug-likeness (QED) is 0.765. The van der Waals surface area contributed by atoms with Crippen LogP contribution >= 0.6 is 0 Å². The number of nitrogens with zero attached hydrogens (tertiary/aromatic N) is 2. The smallest absolute Gasteiger partial charge is 0.0303 e. The SMILES string of the molecule is CNN1CCC[C@H](c2cccnc2)C1. The molecule has 1 fully saturated rings. The third kappa shape index (κ3) is 2.11. The summed E-state index contributed by atoms with van der Waals surface area (Å²) < 4.78 is 0. The van der Waals surface area contributed by atoms with Crippen LogP contribution in [0.1, 0.15) is 24.3 Å². The molecule has 1 N–H and O–H groups in total. The Balaban J connectivity index is 2.04. The van der Waals surface area contributed by atoms with Crippen LogP contribution in [0.3, 0.4) is 0 Å². The first-order valence-corrected chi connectivity index (χ1v) is 5.22. The van der Waals surface area contributed by atoms with Crippen LogP contribution in [0.25, 0.3) is 0 Å².